The molecule has 2 aliphatic rings. The predicted molar refractivity (Wildman–Crippen MR) is 99.8 cm³/mol. The number of nitriles is 1. The van der Waals surface area contributed by atoms with E-state index in [2.05, 4.69) is 4.72 Å². The molecule has 2 heterocycles. The monoisotopic (exact) mass is 400 g/mol. The van der Waals surface area contributed by atoms with Gasteiger partial charge in [-0.3, -0.25) is 0 Å². The maximum atomic E-state index is 12.7. The number of ether oxygens (including phenoxy) is 3. The van der Waals surface area contributed by atoms with Crippen LogP contribution in [-0.4, -0.2) is 46.0 Å². The average molecular weight is 400 g/mol. The summed E-state index contributed by atoms with van der Waals surface area (Å²) < 4.78 is 45.6. The Kier molecular flexibility index (Phi) is 5.44. The summed E-state index contributed by atoms with van der Waals surface area (Å²) in [7, 11) is -3.87. The molecule has 0 saturated carbocycles. The Labute approximate surface area is 163 Å². The molecule has 0 aliphatic carbocycles. The van der Waals surface area contributed by atoms with Crippen molar-refractivity contribution in [2.75, 3.05) is 13.2 Å². The van der Waals surface area contributed by atoms with Gasteiger partial charge in [-0.2, -0.15) is 5.26 Å². The van der Waals surface area contributed by atoms with Crippen LogP contribution in [0.1, 0.15) is 11.1 Å². The summed E-state index contributed by atoms with van der Waals surface area (Å²) in [6.45, 7) is 0.969. The second kappa shape index (κ2) is 7.99. The molecule has 2 saturated heterocycles. The van der Waals surface area contributed by atoms with E-state index >= 15 is 0 Å². The van der Waals surface area contributed by atoms with Crippen molar-refractivity contribution >= 4 is 10.0 Å². The maximum Gasteiger partial charge on any atom is 0.242 e. The number of hydrogen-bond donors (Lipinski definition) is 1. The van der Waals surface area contributed by atoms with Crippen LogP contribution in [0.3, 0.4) is 0 Å². The van der Waals surface area contributed by atoms with Crippen LogP contribution in [0.5, 0.6) is 0 Å². The Morgan fingerprint density at radius 3 is 2.54 bits per heavy atom. The molecule has 146 valence electrons. The van der Waals surface area contributed by atoms with Gasteiger partial charge in [0.1, 0.15) is 24.4 Å². The van der Waals surface area contributed by atoms with Crippen molar-refractivity contribution in [3.63, 3.8) is 0 Å². The molecular weight excluding hydrogens is 380 g/mol. The Morgan fingerprint density at radius 1 is 1.04 bits per heavy atom. The Bertz CT molecular complexity index is 974. The third kappa shape index (κ3) is 3.81. The van der Waals surface area contributed by atoms with Crippen LogP contribution >= 0.6 is 0 Å². The highest BCUT2D eigenvalue weighted by molar-refractivity contribution is 7.89. The summed E-state index contributed by atoms with van der Waals surface area (Å²) in [5.41, 5.74) is 1.15. The van der Waals surface area contributed by atoms with Gasteiger partial charge < -0.3 is 14.2 Å². The fourth-order valence-corrected chi connectivity index (χ4v) is 4.93. The minimum atomic E-state index is -3.87. The van der Waals surface area contributed by atoms with E-state index in [4.69, 9.17) is 14.2 Å². The van der Waals surface area contributed by atoms with Crippen molar-refractivity contribution in [2.24, 2.45) is 0 Å². The van der Waals surface area contributed by atoms with E-state index in [1.165, 1.54) is 12.1 Å². The molecule has 4 rings (SSSR count). The van der Waals surface area contributed by atoms with Gasteiger partial charge in [0.25, 0.3) is 0 Å². The number of rotatable bonds is 6. The van der Waals surface area contributed by atoms with Crippen LogP contribution in [0.15, 0.2) is 59.5 Å². The van der Waals surface area contributed by atoms with Gasteiger partial charge in [-0.05, 0) is 17.7 Å². The molecule has 4 atom stereocenters. The lowest BCUT2D eigenvalue weighted by Crippen LogP contribution is -2.44. The van der Waals surface area contributed by atoms with Gasteiger partial charge in [0, 0.05) is 0 Å². The zero-order chi connectivity index (χ0) is 19.6. The Hall–Kier alpha value is -2.28. The lowest BCUT2D eigenvalue weighted by Gasteiger charge is -2.18. The molecular formula is C20H20N2O5S. The van der Waals surface area contributed by atoms with E-state index in [0.29, 0.717) is 13.2 Å². The van der Waals surface area contributed by atoms with Gasteiger partial charge in [0.05, 0.1) is 36.3 Å². The van der Waals surface area contributed by atoms with Crippen LogP contribution in [0.2, 0.25) is 0 Å². The summed E-state index contributed by atoms with van der Waals surface area (Å²) in [5, 5.41) is 9.17. The Morgan fingerprint density at radius 2 is 1.75 bits per heavy atom. The van der Waals surface area contributed by atoms with Crippen molar-refractivity contribution in [1.29, 1.82) is 5.26 Å². The second-order valence-corrected chi connectivity index (χ2v) is 8.45. The number of benzene rings is 2. The van der Waals surface area contributed by atoms with Gasteiger partial charge in [0.2, 0.25) is 10.0 Å². The molecule has 7 nitrogen and oxygen atoms in total. The third-order valence-corrected chi connectivity index (χ3v) is 6.47. The van der Waals surface area contributed by atoms with E-state index in [9.17, 15) is 13.7 Å². The molecule has 4 unspecified atom stereocenters. The third-order valence-electron chi connectivity index (χ3n) is 4.92. The molecule has 0 amide bonds. The smallest absolute Gasteiger partial charge is 0.242 e. The second-order valence-electron chi connectivity index (χ2n) is 6.77. The SMILES string of the molecule is N#Cc1ccccc1S(=O)(=O)NC1COC2C(OCc3ccccc3)COC12. The number of nitrogens with zero attached hydrogens (tertiary/aromatic N) is 1. The molecule has 28 heavy (non-hydrogen) atoms. The maximum absolute atomic E-state index is 12.7. The summed E-state index contributed by atoms with van der Waals surface area (Å²) in [4.78, 5) is -0.0455. The summed E-state index contributed by atoms with van der Waals surface area (Å²) in [6.07, 6.45) is -1.02. The van der Waals surface area contributed by atoms with Crippen molar-refractivity contribution in [2.45, 2.75) is 35.9 Å². The van der Waals surface area contributed by atoms with E-state index in [-0.39, 0.29) is 29.3 Å². The fourth-order valence-electron chi connectivity index (χ4n) is 3.54. The van der Waals surface area contributed by atoms with Crippen LogP contribution in [-0.2, 0) is 30.8 Å². The molecule has 0 bridgehead atoms. The molecule has 1 N–H and O–H groups in total. The molecule has 0 radical (unpaired) electrons. The van der Waals surface area contributed by atoms with E-state index in [0.717, 1.165) is 5.56 Å². The van der Waals surface area contributed by atoms with Crippen molar-refractivity contribution in [1.82, 2.24) is 4.72 Å². The number of fused-ring (bicyclic) bond motifs is 1. The zero-order valence-corrected chi connectivity index (χ0v) is 15.8. The van der Waals surface area contributed by atoms with Gasteiger partial charge >= 0.3 is 0 Å². The average Bonchev–Trinajstić information content (AvgIpc) is 3.30. The van der Waals surface area contributed by atoms with Gasteiger partial charge in [0.15, 0.2) is 0 Å². The lowest BCUT2D eigenvalue weighted by atomic mass is 10.1. The van der Waals surface area contributed by atoms with E-state index in [1.54, 1.807) is 12.1 Å². The molecule has 0 spiro atoms. The first kappa shape index (κ1) is 19.1. The molecule has 2 aromatic rings. The van der Waals surface area contributed by atoms with Gasteiger partial charge in [-0.15, -0.1) is 0 Å². The number of hydrogen-bond acceptors (Lipinski definition) is 6. The predicted octanol–water partition coefficient (Wildman–Crippen LogP) is 1.59. The highest BCUT2D eigenvalue weighted by Gasteiger charge is 2.49. The van der Waals surface area contributed by atoms with Crippen molar-refractivity contribution < 1.29 is 22.6 Å². The van der Waals surface area contributed by atoms with Crippen LogP contribution in [0.25, 0.3) is 0 Å². The zero-order valence-electron chi connectivity index (χ0n) is 15.0. The molecule has 8 heteroatoms. The normalized spacial score (nSPS) is 26.7. The summed E-state index contributed by atoms with van der Waals surface area (Å²) in [6, 6.07) is 17.3. The first-order valence-corrected chi connectivity index (χ1v) is 10.5. The minimum Gasteiger partial charge on any atom is -0.371 e. The first-order chi connectivity index (χ1) is 13.6. The topological polar surface area (TPSA) is 97.7 Å². The molecule has 2 fully saturated rings. The van der Waals surface area contributed by atoms with Crippen molar-refractivity contribution in [3.8, 4) is 6.07 Å². The van der Waals surface area contributed by atoms with E-state index in [1.807, 2.05) is 36.4 Å². The van der Waals surface area contributed by atoms with Crippen LogP contribution < -0.4 is 4.72 Å². The van der Waals surface area contributed by atoms with Gasteiger partial charge in [-0.25, -0.2) is 13.1 Å². The number of nitrogens with one attached hydrogen (secondary N) is 1. The molecule has 0 aromatic heterocycles. The summed E-state index contributed by atoms with van der Waals surface area (Å²) >= 11 is 0. The lowest BCUT2D eigenvalue weighted by molar-refractivity contribution is -0.0391. The largest absolute Gasteiger partial charge is 0.371 e. The van der Waals surface area contributed by atoms with Gasteiger partial charge in [-0.1, -0.05) is 42.5 Å². The minimum absolute atomic E-state index is 0.0455. The van der Waals surface area contributed by atoms with Crippen LogP contribution in [0.4, 0.5) is 0 Å². The summed E-state index contributed by atoms with van der Waals surface area (Å²) in [5.74, 6) is 0. The molecule has 2 aromatic carbocycles. The quantitative estimate of drug-likeness (QED) is 0.791. The standard InChI is InChI=1S/C20H20N2O5S/c21-10-15-8-4-5-9-18(15)28(23,24)22-16-12-26-20-17(13-27-19(16)20)25-11-14-6-2-1-3-7-14/h1-9,16-17,19-20,22H,11-13H2. The van der Waals surface area contributed by atoms with E-state index < -0.39 is 22.2 Å². The number of sulfonamides is 1. The highest BCUT2D eigenvalue weighted by Crippen LogP contribution is 2.30. The van der Waals surface area contributed by atoms with Crippen molar-refractivity contribution in [3.05, 3.63) is 65.7 Å². The Balaban J connectivity index is 1.41. The fraction of sp³-hybridized carbons (Fsp3) is 0.350. The van der Waals surface area contributed by atoms with Crippen LogP contribution in [0, 0.1) is 11.3 Å². The highest BCUT2D eigenvalue weighted by atomic mass is 32.2. The first-order valence-electron chi connectivity index (χ1n) is 8.99. The molecule has 2 aliphatic heterocycles.